The zero-order valence-corrected chi connectivity index (χ0v) is 13.3. The second-order valence-corrected chi connectivity index (χ2v) is 5.77. The van der Waals surface area contributed by atoms with Crippen molar-refractivity contribution in [2.45, 2.75) is 27.2 Å². The third kappa shape index (κ3) is 4.55. The lowest BCUT2D eigenvalue weighted by Crippen LogP contribution is -2.20. The highest BCUT2D eigenvalue weighted by atomic mass is 16.2. The summed E-state index contributed by atoms with van der Waals surface area (Å²) >= 11 is 0. The largest absolute Gasteiger partial charge is 0.273 e. The van der Waals surface area contributed by atoms with Gasteiger partial charge in [0.25, 0.3) is 0 Å². The van der Waals surface area contributed by atoms with E-state index in [0.29, 0.717) is 12.3 Å². The molecule has 0 radical (unpaired) electrons. The summed E-state index contributed by atoms with van der Waals surface area (Å²) in [7, 11) is 0. The van der Waals surface area contributed by atoms with E-state index in [1.165, 1.54) is 11.1 Å². The number of nitrogens with one attached hydrogen (secondary N) is 1. The van der Waals surface area contributed by atoms with Gasteiger partial charge in [0, 0.05) is 6.42 Å². The quantitative estimate of drug-likeness (QED) is 0.650. The van der Waals surface area contributed by atoms with Gasteiger partial charge in [0.15, 0.2) is 0 Å². The van der Waals surface area contributed by atoms with E-state index in [9.17, 15) is 4.79 Å². The number of carbonyl (C=O) groups is 1. The molecule has 0 aliphatic carbocycles. The number of benzene rings is 2. The van der Waals surface area contributed by atoms with E-state index >= 15 is 0 Å². The predicted molar refractivity (Wildman–Crippen MR) is 91.7 cm³/mol. The Morgan fingerprint density at radius 1 is 1.00 bits per heavy atom. The van der Waals surface area contributed by atoms with E-state index in [1.54, 1.807) is 0 Å². The second kappa shape index (κ2) is 7.55. The van der Waals surface area contributed by atoms with Crippen molar-refractivity contribution < 1.29 is 4.79 Å². The summed E-state index contributed by atoms with van der Waals surface area (Å²) in [5.74, 6) is 0.288. The molecule has 1 N–H and O–H groups in total. The minimum Gasteiger partial charge on any atom is -0.273 e. The maximum Gasteiger partial charge on any atom is 0.240 e. The Hall–Kier alpha value is -2.42. The molecule has 0 aliphatic heterocycles. The van der Waals surface area contributed by atoms with Crippen LogP contribution in [0.15, 0.2) is 59.7 Å². The number of hydrazone groups is 1. The van der Waals surface area contributed by atoms with Gasteiger partial charge < -0.3 is 0 Å². The molecule has 0 atom stereocenters. The van der Waals surface area contributed by atoms with Gasteiger partial charge in [-0.15, -0.1) is 0 Å². The molecular weight excluding hydrogens is 272 g/mol. The van der Waals surface area contributed by atoms with Crippen molar-refractivity contribution >= 4 is 11.6 Å². The van der Waals surface area contributed by atoms with E-state index in [1.807, 2.05) is 51.1 Å². The van der Waals surface area contributed by atoms with Gasteiger partial charge in [0.2, 0.25) is 5.91 Å². The molecular formula is C19H22N2O. The van der Waals surface area contributed by atoms with E-state index in [4.69, 9.17) is 0 Å². The minimum absolute atomic E-state index is 0.0461. The van der Waals surface area contributed by atoms with Crippen LogP contribution >= 0.6 is 0 Å². The summed E-state index contributed by atoms with van der Waals surface area (Å²) in [6, 6.07) is 18.4. The van der Waals surface area contributed by atoms with E-state index in [2.05, 4.69) is 34.8 Å². The molecule has 0 unspecified atom stereocenters. The van der Waals surface area contributed by atoms with Crippen LogP contribution in [0.5, 0.6) is 0 Å². The molecule has 0 saturated heterocycles. The van der Waals surface area contributed by atoms with Gasteiger partial charge in [0.05, 0.1) is 5.71 Å². The first-order valence-electron chi connectivity index (χ1n) is 7.55. The average Bonchev–Trinajstić information content (AvgIpc) is 2.53. The first-order chi connectivity index (χ1) is 10.6. The number of hydrogen-bond acceptors (Lipinski definition) is 2. The van der Waals surface area contributed by atoms with Crippen LogP contribution in [0.25, 0.3) is 11.1 Å². The molecule has 0 fully saturated rings. The van der Waals surface area contributed by atoms with Crippen LogP contribution in [-0.2, 0) is 4.79 Å². The standard InChI is InChI=1S/C19H22N2O/c1-14(2)13-19(22)21-20-15(3)16-9-11-18(12-10-16)17-7-5-4-6-8-17/h4-12,14H,13H2,1-3H3,(H,21,22). The molecule has 0 heterocycles. The fourth-order valence-electron chi connectivity index (χ4n) is 2.16. The second-order valence-electron chi connectivity index (χ2n) is 5.77. The Labute approximate surface area is 132 Å². The van der Waals surface area contributed by atoms with Crippen molar-refractivity contribution in [3.05, 3.63) is 60.2 Å². The van der Waals surface area contributed by atoms with Crippen molar-refractivity contribution in [2.24, 2.45) is 11.0 Å². The SMILES string of the molecule is CC(=NNC(=O)CC(C)C)c1ccc(-c2ccccc2)cc1. The van der Waals surface area contributed by atoms with Gasteiger partial charge in [-0.25, -0.2) is 5.43 Å². The molecule has 0 saturated carbocycles. The van der Waals surface area contributed by atoms with E-state index in [0.717, 1.165) is 11.3 Å². The van der Waals surface area contributed by atoms with Crippen LogP contribution < -0.4 is 5.43 Å². The van der Waals surface area contributed by atoms with Crippen LogP contribution in [0.4, 0.5) is 0 Å². The Bertz CT molecular complexity index is 643. The number of carbonyl (C=O) groups excluding carboxylic acids is 1. The fourth-order valence-corrected chi connectivity index (χ4v) is 2.16. The maximum absolute atomic E-state index is 11.6. The van der Waals surface area contributed by atoms with Crippen molar-refractivity contribution in [3.8, 4) is 11.1 Å². The highest BCUT2D eigenvalue weighted by Crippen LogP contribution is 2.19. The highest BCUT2D eigenvalue weighted by Gasteiger charge is 2.04. The Kier molecular flexibility index (Phi) is 5.48. The molecule has 114 valence electrons. The highest BCUT2D eigenvalue weighted by molar-refractivity contribution is 5.99. The lowest BCUT2D eigenvalue weighted by Gasteiger charge is -2.06. The summed E-state index contributed by atoms with van der Waals surface area (Å²) in [6.07, 6.45) is 0.490. The summed E-state index contributed by atoms with van der Waals surface area (Å²) in [5.41, 5.74) is 6.77. The summed E-state index contributed by atoms with van der Waals surface area (Å²) in [6.45, 7) is 5.92. The first-order valence-corrected chi connectivity index (χ1v) is 7.55. The van der Waals surface area contributed by atoms with E-state index in [-0.39, 0.29) is 5.91 Å². The number of amides is 1. The first kappa shape index (κ1) is 16.0. The smallest absolute Gasteiger partial charge is 0.240 e. The molecule has 1 amide bonds. The van der Waals surface area contributed by atoms with Crippen LogP contribution in [-0.4, -0.2) is 11.6 Å². The minimum atomic E-state index is -0.0461. The van der Waals surface area contributed by atoms with Gasteiger partial charge in [-0.2, -0.15) is 5.10 Å². The molecule has 2 rings (SSSR count). The molecule has 2 aromatic carbocycles. The lowest BCUT2D eigenvalue weighted by molar-refractivity contribution is -0.121. The molecule has 0 spiro atoms. The molecule has 3 nitrogen and oxygen atoms in total. The monoisotopic (exact) mass is 294 g/mol. The average molecular weight is 294 g/mol. The maximum atomic E-state index is 11.6. The molecule has 22 heavy (non-hydrogen) atoms. The van der Waals surface area contributed by atoms with Crippen LogP contribution in [0.2, 0.25) is 0 Å². The van der Waals surface area contributed by atoms with Crippen LogP contribution in [0.3, 0.4) is 0 Å². The number of nitrogens with zero attached hydrogens (tertiary/aromatic N) is 1. The van der Waals surface area contributed by atoms with Gasteiger partial charge >= 0.3 is 0 Å². The van der Waals surface area contributed by atoms with Crippen molar-refractivity contribution in [1.82, 2.24) is 5.43 Å². The third-order valence-corrected chi connectivity index (χ3v) is 3.35. The summed E-state index contributed by atoms with van der Waals surface area (Å²) in [5, 5.41) is 4.17. The molecule has 3 heteroatoms. The van der Waals surface area contributed by atoms with E-state index < -0.39 is 0 Å². The Balaban J connectivity index is 2.05. The molecule has 0 aromatic heterocycles. The van der Waals surface area contributed by atoms with Gasteiger partial charge in [-0.3, -0.25) is 4.79 Å². The van der Waals surface area contributed by atoms with Crippen LogP contribution in [0.1, 0.15) is 32.8 Å². The lowest BCUT2D eigenvalue weighted by atomic mass is 10.0. The molecule has 0 aliphatic rings. The normalized spacial score (nSPS) is 11.5. The predicted octanol–water partition coefficient (Wildman–Crippen LogP) is 4.24. The number of hydrogen-bond donors (Lipinski definition) is 1. The molecule has 2 aromatic rings. The van der Waals surface area contributed by atoms with Crippen LogP contribution in [0, 0.1) is 5.92 Å². The molecule has 0 bridgehead atoms. The topological polar surface area (TPSA) is 41.5 Å². The zero-order chi connectivity index (χ0) is 15.9. The fraction of sp³-hybridized carbons (Fsp3) is 0.263. The van der Waals surface area contributed by atoms with Gasteiger partial charge in [-0.1, -0.05) is 68.4 Å². The van der Waals surface area contributed by atoms with Gasteiger partial charge in [0.1, 0.15) is 0 Å². The van der Waals surface area contributed by atoms with Gasteiger partial charge in [-0.05, 0) is 29.5 Å². The Morgan fingerprint density at radius 2 is 1.59 bits per heavy atom. The Morgan fingerprint density at radius 3 is 2.18 bits per heavy atom. The van der Waals surface area contributed by atoms with Crippen molar-refractivity contribution in [2.75, 3.05) is 0 Å². The van der Waals surface area contributed by atoms with Crippen molar-refractivity contribution in [1.29, 1.82) is 0 Å². The zero-order valence-electron chi connectivity index (χ0n) is 13.3. The third-order valence-electron chi connectivity index (χ3n) is 3.35. The summed E-state index contributed by atoms with van der Waals surface area (Å²) in [4.78, 5) is 11.6. The van der Waals surface area contributed by atoms with Crippen molar-refractivity contribution in [3.63, 3.8) is 0 Å². The number of rotatable bonds is 5. The summed E-state index contributed by atoms with van der Waals surface area (Å²) < 4.78 is 0.